The molecule has 8 heteroatoms. The van der Waals surface area contributed by atoms with Crippen molar-refractivity contribution in [1.82, 2.24) is 19.7 Å². The number of aryl methyl sites for hydroxylation is 1. The lowest BCUT2D eigenvalue weighted by Crippen LogP contribution is -2.23. The summed E-state index contributed by atoms with van der Waals surface area (Å²) in [7, 11) is 4.09. The van der Waals surface area contributed by atoms with E-state index in [4.69, 9.17) is 11.6 Å². The van der Waals surface area contributed by atoms with E-state index in [0.717, 1.165) is 34.2 Å². The Balaban J connectivity index is 1.79. The number of carbonyl (C=O) groups excluding carboxylic acids is 1. The number of rotatable bonds is 9. The molecule has 0 spiro atoms. The Hall–Kier alpha value is -2.35. The highest BCUT2D eigenvalue weighted by atomic mass is 35.5. The van der Waals surface area contributed by atoms with Crippen molar-refractivity contribution >= 4 is 35.0 Å². The molecule has 1 unspecified atom stereocenters. The van der Waals surface area contributed by atoms with Crippen molar-refractivity contribution in [3.63, 3.8) is 0 Å². The number of amides is 1. The van der Waals surface area contributed by atoms with Crippen molar-refractivity contribution in [2.75, 3.05) is 25.2 Å². The van der Waals surface area contributed by atoms with Gasteiger partial charge in [0, 0.05) is 10.7 Å². The largest absolute Gasteiger partial charge is 0.325 e. The predicted molar refractivity (Wildman–Crippen MR) is 128 cm³/mol. The van der Waals surface area contributed by atoms with Gasteiger partial charge >= 0.3 is 0 Å². The zero-order valence-electron chi connectivity index (χ0n) is 18.3. The van der Waals surface area contributed by atoms with Crippen LogP contribution >= 0.6 is 23.4 Å². The fourth-order valence-corrected chi connectivity index (χ4v) is 4.31. The third kappa shape index (κ3) is 6.09. The topological polar surface area (TPSA) is 63.1 Å². The minimum absolute atomic E-state index is 0.106. The molecule has 0 bridgehead atoms. The Labute approximate surface area is 193 Å². The lowest BCUT2D eigenvalue weighted by Gasteiger charge is -2.23. The molecule has 1 atom stereocenters. The van der Waals surface area contributed by atoms with Gasteiger partial charge in [0.2, 0.25) is 5.91 Å². The van der Waals surface area contributed by atoms with E-state index in [1.807, 2.05) is 51.4 Å². The first-order chi connectivity index (χ1) is 14.9. The van der Waals surface area contributed by atoms with Crippen LogP contribution in [0.2, 0.25) is 5.02 Å². The molecule has 6 nitrogen and oxygen atoms in total. The first-order valence-electron chi connectivity index (χ1n) is 10.2. The molecule has 1 aromatic heterocycles. The normalized spacial score (nSPS) is 12.2. The minimum Gasteiger partial charge on any atom is -0.325 e. The lowest BCUT2D eigenvalue weighted by atomic mass is 10.2. The molecule has 1 heterocycles. The standard InChI is InChI=1S/C23H28ClN5OS/c1-5-20(28(3)4)22-26-27-23(29(22)14-17-9-7-6-8-10-17)31-15-21(30)25-19-13-18(24)12-11-16(19)2/h6-13,20H,5,14-15H2,1-4H3,(H,25,30). The van der Waals surface area contributed by atoms with Gasteiger partial charge in [-0.2, -0.15) is 0 Å². The molecule has 3 rings (SSSR count). The number of hydrogen-bond donors (Lipinski definition) is 1. The van der Waals surface area contributed by atoms with Gasteiger partial charge in [-0.15, -0.1) is 10.2 Å². The Bertz CT molecular complexity index is 1020. The summed E-state index contributed by atoms with van der Waals surface area (Å²) in [5, 5.41) is 13.2. The van der Waals surface area contributed by atoms with Gasteiger partial charge in [0.25, 0.3) is 0 Å². The number of hydrogen-bond acceptors (Lipinski definition) is 5. The Kier molecular flexibility index (Phi) is 8.12. The van der Waals surface area contributed by atoms with Crippen LogP contribution in [0.25, 0.3) is 0 Å². The molecule has 31 heavy (non-hydrogen) atoms. The zero-order chi connectivity index (χ0) is 22.4. The molecule has 0 aliphatic carbocycles. The van der Waals surface area contributed by atoms with E-state index in [1.54, 1.807) is 6.07 Å². The summed E-state index contributed by atoms with van der Waals surface area (Å²) in [5.74, 6) is 1.04. The monoisotopic (exact) mass is 457 g/mol. The van der Waals surface area contributed by atoms with Crippen LogP contribution in [-0.4, -0.2) is 45.4 Å². The Morgan fingerprint density at radius 3 is 2.61 bits per heavy atom. The SMILES string of the molecule is CCC(c1nnc(SCC(=O)Nc2cc(Cl)ccc2C)n1Cc1ccccc1)N(C)C. The molecule has 2 aromatic carbocycles. The summed E-state index contributed by atoms with van der Waals surface area (Å²) in [6, 6.07) is 15.8. The number of anilines is 1. The van der Waals surface area contributed by atoms with Crippen molar-refractivity contribution in [2.24, 2.45) is 0 Å². The van der Waals surface area contributed by atoms with E-state index in [1.165, 1.54) is 11.8 Å². The number of nitrogens with zero attached hydrogens (tertiary/aromatic N) is 4. The molecule has 0 saturated carbocycles. The highest BCUT2D eigenvalue weighted by molar-refractivity contribution is 7.99. The fraction of sp³-hybridized carbons (Fsp3) is 0.348. The maximum atomic E-state index is 12.6. The summed E-state index contributed by atoms with van der Waals surface area (Å²) in [6.45, 7) is 4.73. The summed E-state index contributed by atoms with van der Waals surface area (Å²) in [6.07, 6.45) is 0.916. The zero-order valence-corrected chi connectivity index (χ0v) is 19.9. The quantitative estimate of drug-likeness (QED) is 0.456. The van der Waals surface area contributed by atoms with Crippen molar-refractivity contribution in [2.45, 2.75) is 38.0 Å². The number of nitrogens with one attached hydrogen (secondary N) is 1. The summed E-state index contributed by atoms with van der Waals surface area (Å²) in [4.78, 5) is 14.7. The van der Waals surface area contributed by atoms with E-state index >= 15 is 0 Å². The van der Waals surface area contributed by atoms with E-state index in [-0.39, 0.29) is 17.7 Å². The maximum Gasteiger partial charge on any atom is 0.234 e. The first kappa shape index (κ1) is 23.3. The van der Waals surface area contributed by atoms with Gasteiger partial charge in [-0.3, -0.25) is 9.69 Å². The molecule has 0 aliphatic rings. The summed E-state index contributed by atoms with van der Waals surface area (Å²) >= 11 is 7.45. The molecule has 0 radical (unpaired) electrons. The fourth-order valence-electron chi connectivity index (χ4n) is 3.39. The lowest BCUT2D eigenvalue weighted by molar-refractivity contribution is -0.113. The number of benzene rings is 2. The van der Waals surface area contributed by atoms with Gasteiger partial charge < -0.3 is 9.88 Å². The van der Waals surface area contributed by atoms with Crippen LogP contribution in [0.15, 0.2) is 53.7 Å². The molecular weight excluding hydrogens is 430 g/mol. The molecule has 0 saturated heterocycles. The molecular formula is C23H28ClN5OS. The van der Waals surface area contributed by atoms with Gasteiger partial charge in [0.05, 0.1) is 18.3 Å². The van der Waals surface area contributed by atoms with Crippen LogP contribution in [0.1, 0.15) is 36.3 Å². The van der Waals surface area contributed by atoms with Gasteiger partial charge in [0.15, 0.2) is 11.0 Å². The van der Waals surface area contributed by atoms with E-state index < -0.39 is 0 Å². The highest BCUT2D eigenvalue weighted by Gasteiger charge is 2.22. The van der Waals surface area contributed by atoms with Crippen LogP contribution < -0.4 is 5.32 Å². The molecule has 1 N–H and O–H groups in total. The van der Waals surface area contributed by atoms with Gasteiger partial charge in [-0.05, 0) is 50.7 Å². The third-order valence-corrected chi connectivity index (χ3v) is 6.24. The molecule has 0 aliphatic heterocycles. The van der Waals surface area contributed by atoms with Gasteiger partial charge in [-0.1, -0.05) is 66.7 Å². The second kappa shape index (κ2) is 10.8. The van der Waals surface area contributed by atoms with Crippen molar-refractivity contribution in [1.29, 1.82) is 0 Å². The molecule has 1 amide bonds. The maximum absolute atomic E-state index is 12.6. The second-order valence-corrected chi connectivity index (χ2v) is 8.98. The van der Waals surface area contributed by atoms with Crippen molar-refractivity contribution in [3.05, 3.63) is 70.5 Å². The van der Waals surface area contributed by atoms with E-state index in [0.29, 0.717) is 11.6 Å². The Morgan fingerprint density at radius 2 is 1.94 bits per heavy atom. The minimum atomic E-state index is -0.106. The van der Waals surface area contributed by atoms with Crippen LogP contribution in [0.5, 0.6) is 0 Å². The van der Waals surface area contributed by atoms with E-state index in [2.05, 4.69) is 44.0 Å². The summed E-state index contributed by atoms with van der Waals surface area (Å²) in [5.41, 5.74) is 2.86. The molecule has 164 valence electrons. The smallest absolute Gasteiger partial charge is 0.234 e. The summed E-state index contributed by atoms with van der Waals surface area (Å²) < 4.78 is 2.12. The first-order valence-corrected chi connectivity index (χ1v) is 11.6. The van der Waals surface area contributed by atoms with Gasteiger partial charge in [-0.25, -0.2) is 0 Å². The van der Waals surface area contributed by atoms with Crippen LogP contribution in [0.3, 0.4) is 0 Å². The molecule has 3 aromatic rings. The van der Waals surface area contributed by atoms with Crippen molar-refractivity contribution in [3.8, 4) is 0 Å². The number of thioether (sulfide) groups is 1. The van der Waals surface area contributed by atoms with Crippen LogP contribution in [-0.2, 0) is 11.3 Å². The van der Waals surface area contributed by atoms with Crippen LogP contribution in [0, 0.1) is 6.92 Å². The predicted octanol–water partition coefficient (Wildman–Crippen LogP) is 5.03. The number of halogens is 1. The second-order valence-electron chi connectivity index (χ2n) is 7.60. The average Bonchev–Trinajstić information content (AvgIpc) is 3.12. The molecule has 0 fully saturated rings. The van der Waals surface area contributed by atoms with Gasteiger partial charge in [0.1, 0.15) is 0 Å². The van der Waals surface area contributed by atoms with E-state index in [9.17, 15) is 4.79 Å². The number of carbonyl (C=O) groups is 1. The van der Waals surface area contributed by atoms with Crippen molar-refractivity contribution < 1.29 is 4.79 Å². The van der Waals surface area contributed by atoms with Crippen LogP contribution in [0.4, 0.5) is 5.69 Å². The number of aromatic nitrogens is 3. The highest BCUT2D eigenvalue weighted by Crippen LogP contribution is 2.27. The Morgan fingerprint density at radius 1 is 1.19 bits per heavy atom. The third-order valence-electron chi connectivity index (χ3n) is 5.04. The average molecular weight is 458 g/mol.